The van der Waals surface area contributed by atoms with Crippen LogP contribution in [0.4, 0.5) is 0 Å². The van der Waals surface area contributed by atoms with Crippen molar-refractivity contribution in [1.29, 1.82) is 0 Å². The smallest absolute Gasteiger partial charge is 0.238 e. The summed E-state index contributed by atoms with van der Waals surface area (Å²) in [6.45, 7) is 1.04. The number of hydrogen-bond acceptors (Lipinski definition) is 4. The SMILES string of the molecule is COc1nnc(Cl)cc1C1CCCN1. The van der Waals surface area contributed by atoms with Gasteiger partial charge in [0.15, 0.2) is 5.15 Å². The van der Waals surface area contributed by atoms with Crippen molar-refractivity contribution in [3.8, 4) is 5.88 Å². The maximum Gasteiger partial charge on any atom is 0.238 e. The molecule has 0 aromatic carbocycles. The molecule has 0 saturated carbocycles. The van der Waals surface area contributed by atoms with Crippen LogP contribution in [0.2, 0.25) is 5.15 Å². The van der Waals surface area contributed by atoms with Crippen molar-refractivity contribution in [2.24, 2.45) is 0 Å². The van der Waals surface area contributed by atoms with E-state index in [1.54, 1.807) is 7.11 Å². The van der Waals surface area contributed by atoms with E-state index in [2.05, 4.69) is 15.5 Å². The van der Waals surface area contributed by atoms with E-state index in [0.717, 1.165) is 18.5 Å². The first-order valence-corrected chi connectivity index (χ1v) is 4.99. The fourth-order valence-electron chi connectivity index (χ4n) is 1.73. The van der Waals surface area contributed by atoms with Gasteiger partial charge in [-0.2, -0.15) is 0 Å². The van der Waals surface area contributed by atoms with E-state index >= 15 is 0 Å². The van der Waals surface area contributed by atoms with Crippen LogP contribution in [0.5, 0.6) is 5.88 Å². The van der Waals surface area contributed by atoms with Crippen LogP contribution < -0.4 is 10.1 Å². The molecule has 2 rings (SSSR count). The molecule has 0 amide bonds. The van der Waals surface area contributed by atoms with Crippen LogP contribution >= 0.6 is 11.6 Å². The van der Waals surface area contributed by atoms with Gasteiger partial charge in [0.2, 0.25) is 5.88 Å². The van der Waals surface area contributed by atoms with Crippen molar-refractivity contribution in [3.05, 3.63) is 16.8 Å². The molecule has 1 aromatic rings. The van der Waals surface area contributed by atoms with Gasteiger partial charge in [-0.15, -0.1) is 10.2 Å². The summed E-state index contributed by atoms with van der Waals surface area (Å²) in [5, 5.41) is 11.4. The van der Waals surface area contributed by atoms with Crippen LogP contribution in [-0.4, -0.2) is 23.9 Å². The third kappa shape index (κ3) is 1.81. The Morgan fingerprint density at radius 3 is 3.07 bits per heavy atom. The van der Waals surface area contributed by atoms with E-state index in [-0.39, 0.29) is 0 Å². The highest BCUT2D eigenvalue weighted by molar-refractivity contribution is 6.29. The van der Waals surface area contributed by atoms with E-state index in [4.69, 9.17) is 16.3 Å². The van der Waals surface area contributed by atoms with Gasteiger partial charge in [0.05, 0.1) is 7.11 Å². The summed E-state index contributed by atoms with van der Waals surface area (Å²) in [6.07, 6.45) is 2.27. The lowest BCUT2D eigenvalue weighted by Gasteiger charge is -2.13. The van der Waals surface area contributed by atoms with E-state index in [1.165, 1.54) is 6.42 Å². The van der Waals surface area contributed by atoms with Gasteiger partial charge >= 0.3 is 0 Å². The summed E-state index contributed by atoms with van der Waals surface area (Å²) in [4.78, 5) is 0. The number of ether oxygens (including phenoxy) is 1. The highest BCUT2D eigenvalue weighted by atomic mass is 35.5. The number of halogens is 1. The van der Waals surface area contributed by atoms with E-state index in [1.807, 2.05) is 6.07 Å². The van der Waals surface area contributed by atoms with Crippen molar-refractivity contribution in [2.75, 3.05) is 13.7 Å². The Morgan fingerprint density at radius 2 is 2.43 bits per heavy atom. The molecule has 0 aliphatic carbocycles. The van der Waals surface area contributed by atoms with Gasteiger partial charge in [-0.05, 0) is 25.5 Å². The molecule has 1 fully saturated rings. The number of aromatic nitrogens is 2. The van der Waals surface area contributed by atoms with Crippen molar-refractivity contribution in [1.82, 2.24) is 15.5 Å². The zero-order chi connectivity index (χ0) is 9.97. The molecule has 1 aliphatic heterocycles. The maximum absolute atomic E-state index is 5.80. The van der Waals surface area contributed by atoms with Crippen LogP contribution in [0.3, 0.4) is 0 Å². The Bertz CT molecular complexity index is 326. The zero-order valence-corrected chi connectivity index (χ0v) is 8.71. The van der Waals surface area contributed by atoms with Gasteiger partial charge in [-0.25, -0.2) is 0 Å². The standard InChI is InChI=1S/C9H12ClN3O/c1-14-9-6(5-8(10)12-13-9)7-3-2-4-11-7/h5,7,11H,2-4H2,1H3. The monoisotopic (exact) mass is 213 g/mol. The second-order valence-corrected chi connectivity index (χ2v) is 3.67. The molecular weight excluding hydrogens is 202 g/mol. The molecule has 4 nitrogen and oxygen atoms in total. The molecular formula is C9H12ClN3O. The summed E-state index contributed by atoms with van der Waals surface area (Å²) in [5.41, 5.74) is 1.00. The number of hydrogen-bond donors (Lipinski definition) is 1. The summed E-state index contributed by atoms with van der Waals surface area (Å²) >= 11 is 5.80. The Balaban J connectivity index is 2.33. The minimum absolute atomic E-state index is 0.304. The van der Waals surface area contributed by atoms with Crippen molar-refractivity contribution in [3.63, 3.8) is 0 Å². The van der Waals surface area contributed by atoms with Gasteiger partial charge in [0.1, 0.15) is 0 Å². The first-order chi connectivity index (χ1) is 6.81. The molecule has 0 radical (unpaired) electrons. The molecule has 14 heavy (non-hydrogen) atoms. The Labute approximate surface area is 87.6 Å². The summed E-state index contributed by atoms with van der Waals surface area (Å²) < 4.78 is 5.14. The summed E-state index contributed by atoms with van der Waals surface area (Å²) in [7, 11) is 1.59. The van der Waals surface area contributed by atoms with Crippen LogP contribution in [0.25, 0.3) is 0 Å². The molecule has 0 bridgehead atoms. The topological polar surface area (TPSA) is 47.0 Å². The predicted octanol–water partition coefficient (Wildman–Crippen LogP) is 1.56. The second kappa shape index (κ2) is 4.11. The Kier molecular flexibility index (Phi) is 2.84. The fourth-order valence-corrected chi connectivity index (χ4v) is 1.88. The third-order valence-corrected chi connectivity index (χ3v) is 2.57. The van der Waals surface area contributed by atoms with Gasteiger partial charge in [0.25, 0.3) is 0 Å². The van der Waals surface area contributed by atoms with E-state index < -0.39 is 0 Å². The predicted molar refractivity (Wildman–Crippen MR) is 53.6 cm³/mol. The van der Waals surface area contributed by atoms with Crippen molar-refractivity contribution in [2.45, 2.75) is 18.9 Å². The number of rotatable bonds is 2. The molecule has 1 unspecified atom stereocenters. The first-order valence-electron chi connectivity index (χ1n) is 4.62. The average molecular weight is 214 g/mol. The highest BCUT2D eigenvalue weighted by Gasteiger charge is 2.21. The molecule has 1 N–H and O–H groups in total. The summed E-state index contributed by atoms with van der Waals surface area (Å²) in [5.74, 6) is 0.564. The van der Waals surface area contributed by atoms with Gasteiger partial charge in [0, 0.05) is 11.6 Å². The molecule has 5 heteroatoms. The average Bonchev–Trinajstić information content (AvgIpc) is 2.70. The quantitative estimate of drug-likeness (QED) is 0.810. The normalized spacial score (nSPS) is 21.1. The second-order valence-electron chi connectivity index (χ2n) is 3.28. The third-order valence-electron chi connectivity index (χ3n) is 2.39. The molecule has 1 atom stereocenters. The fraction of sp³-hybridized carbons (Fsp3) is 0.556. The number of nitrogens with zero attached hydrogens (tertiary/aromatic N) is 2. The van der Waals surface area contributed by atoms with Crippen molar-refractivity contribution < 1.29 is 4.74 Å². The molecule has 0 spiro atoms. The van der Waals surface area contributed by atoms with Crippen LogP contribution in [0.15, 0.2) is 6.07 Å². The highest BCUT2D eigenvalue weighted by Crippen LogP contribution is 2.29. The van der Waals surface area contributed by atoms with E-state index in [0.29, 0.717) is 17.1 Å². The minimum atomic E-state index is 0.304. The number of methoxy groups -OCH3 is 1. The molecule has 1 aliphatic rings. The maximum atomic E-state index is 5.80. The zero-order valence-electron chi connectivity index (χ0n) is 7.96. The molecule has 1 aromatic heterocycles. The molecule has 2 heterocycles. The van der Waals surface area contributed by atoms with Gasteiger partial charge in [-0.3, -0.25) is 0 Å². The minimum Gasteiger partial charge on any atom is -0.480 e. The Hall–Kier alpha value is -0.870. The first kappa shape index (κ1) is 9.68. The molecule has 1 saturated heterocycles. The van der Waals surface area contributed by atoms with E-state index in [9.17, 15) is 0 Å². The van der Waals surface area contributed by atoms with Crippen LogP contribution in [0.1, 0.15) is 24.4 Å². The lowest BCUT2D eigenvalue weighted by molar-refractivity contribution is 0.380. The van der Waals surface area contributed by atoms with Gasteiger partial charge < -0.3 is 10.1 Å². The lowest BCUT2D eigenvalue weighted by Crippen LogP contribution is -2.14. The lowest BCUT2D eigenvalue weighted by atomic mass is 10.1. The van der Waals surface area contributed by atoms with Crippen LogP contribution in [-0.2, 0) is 0 Å². The van der Waals surface area contributed by atoms with Gasteiger partial charge in [-0.1, -0.05) is 11.6 Å². The summed E-state index contributed by atoms with van der Waals surface area (Å²) in [6, 6.07) is 2.12. The number of nitrogens with one attached hydrogen (secondary N) is 1. The molecule has 76 valence electrons. The Morgan fingerprint density at radius 1 is 1.57 bits per heavy atom. The van der Waals surface area contributed by atoms with Crippen LogP contribution in [0, 0.1) is 0 Å². The van der Waals surface area contributed by atoms with Crippen molar-refractivity contribution >= 4 is 11.6 Å². The largest absolute Gasteiger partial charge is 0.480 e.